The molecule has 0 radical (unpaired) electrons. The summed E-state index contributed by atoms with van der Waals surface area (Å²) < 4.78 is 33.4. The number of carbonyl (C=O) groups excluding carboxylic acids is 1. The van der Waals surface area contributed by atoms with Gasteiger partial charge in [-0.1, -0.05) is 11.6 Å². The van der Waals surface area contributed by atoms with Gasteiger partial charge in [-0.05, 0) is 50.8 Å². The van der Waals surface area contributed by atoms with Crippen molar-refractivity contribution in [1.29, 1.82) is 0 Å². The molecule has 1 aromatic rings. The average molecular weight is 500 g/mol. The largest absolute Gasteiger partial charge is 0.492 e. The van der Waals surface area contributed by atoms with E-state index in [1.54, 1.807) is 20.2 Å². The van der Waals surface area contributed by atoms with Crippen molar-refractivity contribution < 1.29 is 17.9 Å². The highest BCUT2D eigenvalue weighted by Gasteiger charge is 2.41. The third kappa shape index (κ3) is 4.95. The Morgan fingerprint density at radius 2 is 1.94 bits per heavy atom. The molecule has 3 heterocycles. The summed E-state index contributed by atoms with van der Waals surface area (Å²) in [6, 6.07) is 1.53. The van der Waals surface area contributed by atoms with Gasteiger partial charge in [0.2, 0.25) is 10.0 Å². The Morgan fingerprint density at radius 3 is 2.58 bits per heavy atom. The first-order valence-corrected chi connectivity index (χ1v) is 13.5. The van der Waals surface area contributed by atoms with Gasteiger partial charge in [-0.15, -0.1) is 0 Å². The van der Waals surface area contributed by atoms with Crippen LogP contribution in [0.1, 0.15) is 41.6 Å². The number of fused-ring (bicyclic) bond motifs is 1. The zero-order chi connectivity index (χ0) is 23.8. The van der Waals surface area contributed by atoms with Crippen molar-refractivity contribution in [2.24, 2.45) is 5.92 Å². The number of hydrogen-bond acceptors (Lipinski definition) is 7. The van der Waals surface area contributed by atoms with Gasteiger partial charge < -0.3 is 21.1 Å². The molecule has 2 saturated heterocycles. The van der Waals surface area contributed by atoms with E-state index < -0.39 is 15.4 Å². The molecule has 3 aliphatic rings. The van der Waals surface area contributed by atoms with Crippen LogP contribution in [0.5, 0.6) is 5.75 Å². The Hall–Kier alpha value is -1.59. The maximum Gasteiger partial charge on any atom is 0.255 e. The highest BCUT2D eigenvalue weighted by atomic mass is 35.5. The molecule has 2 fully saturated rings. The van der Waals surface area contributed by atoms with Crippen LogP contribution in [0.4, 0.5) is 5.69 Å². The van der Waals surface area contributed by atoms with E-state index in [0.717, 1.165) is 31.5 Å². The second-order valence-electron chi connectivity index (χ2n) is 9.31. The highest BCUT2D eigenvalue weighted by molar-refractivity contribution is 7.89. The molecule has 3 aliphatic heterocycles. The van der Waals surface area contributed by atoms with Gasteiger partial charge in [-0.2, -0.15) is 0 Å². The summed E-state index contributed by atoms with van der Waals surface area (Å²) in [6.07, 6.45) is 3.69. The normalized spacial score (nSPS) is 21.6. The van der Waals surface area contributed by atoms with E-state index in [-0.39, 0.29) is 17.9 Å². The van der Waals surface area contributed by atoms with Gasteiger partial charge in [0.05, 0.1) is 22.9 Å². The number of rotatable bonds is 6. The summed E-state index contributed by atoms with van der Waals surface area (Å²) in [5, 5.41) is 6.25. The lowest BCUT2D eigenvalue weighted by Crippen LogP contribution is -2.56. The number of piperidine rings is 2. The monoisotopic (exact) mass is 499 g/mol. The molecule has 184 valence electrons. The number of nitrogens with zero attached hydrogens (tertiary/aromatic N) is 2. The molecule has 0 saturated carbocycles. The van der Waals surface area contributed by atoms with Crippen LogP contribution in [-0.2, 0) is 16.4 Å². The predicted molar refractivity (Wildman–Crippen MR) is 129 cm³/mol. The number of benzene rings is 1. The third-order valence-corrected chi connectivity index (χ3v) is 9.67. The van der Waals surface area contributed by atoms with Crippen LogP contribution in [0.15, 0.2) is 6.07 Å². The van der Waals surface area contributed by atoms with E-state index in [2.05, 4.69) is 15.5 Å². The molecule has 1 aromatic carbocycles. The first-order valence-electron chi connectivity index (χ1n) is 11.6. The van der Waals surface area contributed by atoms with Gasteiger partial charge in [0.15, 0.2) is 0 Å². The van der Waals surface area contributed by atoms with Crippen molar-refractivity contribution >= 4 is 33.2 Å². The van der Waals surface area contributed by atoms with Crippen molar-refractivity contribution in [1.82, 2.24) is 19.8 Å². The Kier molecular flexibility index (Phi) is 7.40. The third-order valence-electron chi connectivity index (χ3n) is 7.04. The van der Waals surface area contributed by atoms with Crippen molar-refractivity contribution in [3.8, 4) is 5.75 Å². The number of carbonyl (C=O) groups is 1. The van der Waals surface area contributed by atoms with E-state index in [0.29, 0.717) is 61.0 Å². The number of amides is 1. The predicted octanol–water partition coefficient (Wildman–Crippen LogP) is 1.27. The number of ether oxygens (including phenoxy) is 1. The number of anilines is 1. The molecule has 4 rings (SSSR count). The summed E-state index contributed by atoms with van der Waals surface area (Å²) in [5.74, 6) is 0.389. The topological polar surface area (TPSA) is 117 Å². The van der Waals surface area contributed by atoms with Crippen molar-refractivity contribution in [3.05, 3.63) is 22.2 Å². The van der Waals surface area contributed by atoms with Gasteiger partial charge in [-0.3, -0.25) is 9.69 Å². The maximum atomic E-state index is 13.2. The molecule has 1 atom stereocenters. The lowest BCUT2D eigenvalue weighted by molar-refractivity contribution is 0.0881. The van der Waals surface area contributed by atoms with Crippen LogP contribution in [0.3, 0.4) is 0 Å². The summed E-state index contributed by atoms with van der Waals surface area (Å²) in [4.78, 5) is 15.1. The van der Waals surface area contributed by atoms with Gasteiger partial charge in [0, 0.05) is 45.2 Å². The molecule has 0 bridgehead atoms. The summed E-state index contributed by atoms with van der Waals surface area (Å²) in [5.41, 5.74) is 7.72. The first kappa shape index (κ1) is 24.5. The molecular formula is C22H34ClN5O4S. The fourth-order valence-electron chi connectivity index (χ4n) is 5.17. The molecule has 4 N–H and O–H groups in total. The molecule has 1 amide bonds. The molecule has 11 heteroatoms. The van der Waals surface area contributed by atoms with E-state index in [4.69, 9.17) is 22.1 Å². The standard InChI is InChI=1S/C22H34ClN5O4S/c1-27(2)33(30,31)22(14-3-8-25-9-4-14)28-10-5-15(6-11-28)26-21(29)17-13-18(23)19(24)16-7-12-32-20(16)17/h13-15,22,25H,3-12,24H2,1-2H3,(H,26,29). The van der Waals surface area contributed by atoms with Gasteiger partial charge in [0.25, 0.3) is 5.91 Å². The Bertz CT molecular complexity index is 989. The van der Waals surface area contributed by atoms with Crippen molar-refractivity contribution in [2.75, 3.05) is 52.6 Å². The molecule has 9 nitrogen and oxygen atoms in total. The molecule has 33 heavy (non-hydrogen) atoms. The lowest BCUT2D eigenvalue weighted by atomic mass is 9.95. The second-order valence-corrected chi connectivity index (χ2v) is 12.0. The summed E-state index contributed by atoms with van der Waals surface area (Å²) in [6.45, 7) is 3.39. The van der Waals surface area contributed by atoms with Gasteiger partial charge in [0.1, 0.15) is 11.1 Å². The number of hydrogen-bond donors (Lipinski definition) is 3. The average Bonchev–Trinajstić information content (AvgIpc) is 3.28. The van der Waals surface area contributed by atoms with E-state index in [9.17, 15) is 13.2 Å². The van der Waals surface area contributed by atoms with Crippen molar-refractivity contribution in [2.45, 2.75) is 43.5 Å². The van der Waals surface area contributed by atoms with Crippen LogP contribution < -0.4 is 21.1 Å². The zero-order valence-corrected chi connectivity index (χ0v) is 20.8. The Labute approximate surface area is 201 Å². The summed E-state index contributed by atoms with van der Waals surface area (Å²) >= 11 is 6.25. The number of likely N-dealkylation sites (tertiary alicyclic amines) is 1. The highest BCUT2D eigenvalue weighted by Crippen LogP contribution is 2.39. The fraction of sp³-hybridized carbons (Fsp3) is 0.682. The molecule has 1 unspecified atom stereocenters. The van der Waals surface area contributed by atoms with E-state index in [1.165, 1.54) is 4.31 Å². The van der Waals surface area contributed by atoms with Crippen LogP contribution in [0, 0.1) is 5.92 Å². The number of halogens is 1. The lowest BCUT2D eigenvalue weighted by Gasteiger charge is -2.42. The van der Waals surface area contributed by atoms with Crippen molar-refractivity contribution in [3.63, 3.8) is 0 Å². The van der Waals surface area contributed by atoms with Gasteiger partial charge in [-0.25, -0.2) is 12.7 Å². The minimum Gasteiger partial charge on any atom is -0.492 e. The second kappa shape index (κ2) is 9.95. The summed E-state index contributed by atoms with van der Waals surface area (Å²) in [7, 11) is -0.225. The molecule has 0 spiro atoms. The maximum absolute atomic E-state index is 13.2. The smallest absolute Gasteiger partial charge is 0.255 e. The Morgan fingerprint density at radius 1 is 1.27 bits per heavy atom. The zero-order valence-electron chi connectivity index (χ0n) is 19.3. The quantitative estimate of drug-likeness (QED) is 0.504. The number of nitrogens with one attached hydrogen (secondary N) is 2. The molecular weight excluding hydrogens is 466 g/mol. The van der Waals surface area contributed by atoms with Crippen LogP contribution >= 0.6 is 11.6 Å². The van der Waals surface area contributed by atoms with Crippen LogP contribution in [0.2, 0.25) is 5.02 Å². The number of nitrogens with two attached hydrogens (primary N) is 1. The first-order chi connectivity index (χ1) is 15.7. The Balaban J connectivity index is 1.43. The molecule has 0 aromatic heterocycles. The van der Waals surface area contributed by atoms with Crippen LogP contribution in [-0.4, -0.2) is 81.8 Å². The van der Waals surface area contributed by atoms with E-state index in [1.807, 2.05) is 0 Å². The minimum atomic E-state index is -3.44. The SMILES string of the molecule is CN(C)S(=O)(=O)C(C1CCNCC1)N1CCC(NC(=O)c2cc(Cl)c(N)c3c2OCC3)CC1. The fourth-order valence-corrected chi connectivity index (χ4v) is 7.17. The number of nitrogen functional groups attached to an aromatic ring is 1. The van der Waals surface area contributed by atoms with E-state index >= 15 is 0 Å². The number of sulfonamides is 1. The molecule has 0 aliphatic carbocycles. The minimum absolute atomic E-state index is 0.0436. The van der Waals surface area contributed by atoms with Gasteiger partial charge >= 0.3 is 0 Å². The van der Waals surface area contributed by atoms with Crippen LogP contribution in [0.25, 0.3) is 0 Å².